The number of carbonyl (C=O) groups excluding carboxylic acids is 1. The van der Waals surface area contributed by atoms with E-state index in [0.717, 1.165) is 37.2 Å². The number of hydrogen-bond donors (Lipinski definition) is 3. The molecule has 0 radical (unpaired) electrons. The highest BCUT2D eigenvalue weighted by Gasteiger charge is 2.28. The number of nitrogens with zero attached hydrogens (tertiary/aromatic N) is 4. The number of carbonyl (C=O) groups is 1. The van der Waals surface area contributed by atoms with Crippen molar-refractivity contribution >= 4 is 23.7 Å². The summed E-state index contributed by atoms with van der Waals surface area (Å²) in [6, 6.07) is 0. The Kier molecular flexibility index (Phi) is 5.81. The van der Waals surface area contributed by atoms with Crippen LogP contribution < -0.4 is 22.6 Å². The summed E-state index contributed by atoms with van der Waals surface area (Å²) in [5, 5.41) is 11.7. The van der Waals surface area contributed by atoms with E-state index in [-0.39, 0.29) is 22.6 Å². The Hall–Kier alpha value is -2.39. The van der Waals surface area contributed by atoms with Crippen LogP contribution in [-0.4, -0.2) is 27.1 Å². The normalized spacial score (nSPS) is 20.9. The van der Waals surface area contributed by atoms with Crippen molar-refractivity contribution < 1.29 is 4.79 Å². The SMILES string of the molecule is CC1C=NN(N)C(NC(=O)c2nn(N)c(=O)c(C3CCCCC3)c2Cl)=CC1. The van der Waals surface area contributed by atoms with Gasteiger partial charge in [0.25, 0.3) is 11.5 Å². The molecule has 1 amide bonds. The fourth-order valence-corrected chi connectivity index (χ4v) is 3.77. The Bertz CT molecular complexity index is 842. The number of hydrogen-bond acceptors (Lipinski definition) is 7. The molecule has 10 heteroatoms. The third-order valence-electron chi connectivity index (χ3n) is 4.94. The Morgan fingerprint density at radius 3 is 2.70 bits per heavy atom. The molecule has 0 bridgehead atoms. The highest BCUT2D eigenvalue weighted by molar-refractivity contribution is 6.34. The molecular weight excluding hydrogens is 370 g/mol. The van der Waals surface area contributed by atoms with E-state index in [2.05, 4.69) is 15.5 Å². The molecule has 0 saturated heterocycles. The molecule has 9 nitrogen and oxygen atoms in total. The first-order valence-corrected chi connectivity index (χ1v) is 9.44. The lowest BCUT2D eigenvalue weighted by Gasteiger charge is -2.23. The third kappa shape index (κ3) is 4.14. The lowest BCUT2D eigenvalue weighted by atomic mass is 9.84. The van der Waals surface area contributed by atoms with E-state index in [1.165, 1.54) is 0 Å². The number of nitrogens with one attached hydrogen (secondary N) is 1. The van der Waals surface area contributed by atoms with Gasteiger partial charge in [0.2, 0.25) is 0 Å². The van der Waals surface area contributed by atoms with Crippen molar-refractivity contribution in [2.24, 2.45) is 16.9 Å². The fourth-order valence-electron chi connectivity index (χ4n) is 3.42. The number of aromatic nitrogens is 2. The maximum Gasteiger partial charge on any atom is 0.290 e. The first kappa shape index (κ1) is 19.4. The molecule has 27 heavy (non-hydrogen) atoms. The molecular formula is C17H24ClN7O2. The summed E-state index contributed by atoms with van der Waals surface area (Å²) in [7, 11) is 0. The molecule has 0 spiro atoms. The quantitative estimate of drug-likeness (QED) is 0.665. The number of allylic oxidation sites excluding steroid dienone is 1. The number of nitrogen functional groups attached to an aromatic ring is 1. The molecule has 5 N–H and O–H groups in total. The first-order valence-electron chi connectivity index (χ1n) is 9.06. The van der Waals surface area contributed by atoms with Gasteiger partial charge in [-0.3, -0.25) is 9.59 Å². The van der Waals surface area contributed by atoms with E-state index in [1.54, 1.807) is 12.3 Å². The molecule has 1 aromatic rings. The Labute approximate surface area is 162 Å². The van der Waals surface area contributed by atoms with Gasteiger partial charge in [-0.25, -0.2) is 5.84 Å². The van der Waals surface area contributed by atoms with E-state index in [1.807, 2.05) is 6.92 Å². The van der Waals surface area contributed by atoms with Crippen LogP contribution >= 0.6 is 11.6 Å². The molecule has 1 atom stereocenters. The third-order valence-corrected chi connectivity index (χ3v) is 5.32. The first-order chi connectivity index (χ1) is 12.9. The van der Waals surface area contributed by atoms with Crippen molar-refractivity contribution in [3.8, 4) is 0 Å². The summed E-state index contributed by atoms with van der Waals surface area (Å²) in [5.74, 6) is 11.4. The molecule has 1 fully saturated rings. The molecule has 1 aromatic heterocycles. The zero-order valence-corrected chi connectivity index (χ0v) is 15.9. The fraction of sp³-hybridized carbons (Fsp3) is 0.529. The Balaban J connectivity index is 1.92. The van der Waals surface area contributed by atoms with Crippen LogP contribution in [-0.2, 0) is 0 Å². The molecule has 2 aliphatic rings. The van der Waals surface area contributed by atoms with Crippen LogP contribution in [0, 0.1) is 5.92 Å². The van der Waals surface area contributed by atoms with Gasteiger partial charge in [-0.05, 0) is 37.2 Å². The zero-order valence-electron chi connectivity index (χ0n) is 15.2. The summed E-state index contributed by atoms with van der Waals surface area (Å²) < 4.78 is 0. The van der Waals surface area contributed by atoms with Crippen molar-refractivity contribution in [1.29, 1.82) is 0 Å². The minimum absolute atomic E-state index is 0.0170. The minimum atomic E-state index is -0.595. The van der Waals surface area contributed by atoms with Crippen molar-refractivity contribution in [2.45, 2.75) is 51.4 Å². The topological polar surface area (TPSA) is 132 Å². The van der Waals surface area contributed by atoms with Crippen LogP contribution in [0.5, 0.6) is 0 Å². The van der Waals surface area contributed by atoms with Gasteiger partial charge in [-0.1, -0.05) is 37.8 Å². The number of amides is 1. The van der Waals surface area contributed by atoms with E-state index < -0.39 is 11.5 Å². The van der Waals surface area contributed by atoms with Crippen molar-refractivity contribution in [2.75, 3.05) is 5.84 Å². The number of nitrogens with two attached hydrogens (primary N) is 2. The maximum atomic E-state index is 12.8. The summed E-state index contributed by atoms with van der Waals surface area (Å²) >= 11 is 6.44. The van der Waals surface area contributed by atoms with Gasteiger partial charge < -0.3 is 11.2 Å². The second-order valence-electron chi connectivity index (χ2n) is 7.03. The van der Waals surface area contributed by atoms with Gasteiger partial charge in [0.05, 0.1) is 5.02 Å². The maximum absolute atomic E-state index is 12.8. The van der Waals surface area contributed by atoms with Gasteiger partial charge in [0.15, 0.2) is 5.69 Å². The largest absolute Gasteiger partial charge is 0.320 e. The second-order valence-corrected chi connectivity index (χ2v) is 7.40. The van der Waals surface area contributed by atoms with Gasteiger partial charge in [-0.15, -0.1) is 9.89 Å². The summed E-state index contributed by atoms with van der Waals surface area (Å²) in [4.78, 5) is 25.9. The van der Waals surface area contributed by atoms with E-state index >= 15 is 0 Å². The van der Waals surface area contributed by atoms with Crippen LogP contribution in [0.2, 0.25) is 5.02 Å². The number of hydrazine groups is 1. The molecule has 1 aliphatic heterocycles. The lowest BCUT2D eigenvalue weighted by Crippen LogP contribution is -2.40. The summed E-state index contributed by atoms with van der Waals surface area (Å²) in [6.07, 6.45) is 8.97. The van der Waals surface area contributed by atoms with Crippen molar-refractivity contribution in [1.82, 2.24) is 20.3 Å². The molecule has 1 unspecified atom stereocenters. The van der Waals surface area contributed by atoms with Crippen LogP contribution in [0.4, 0.5) is 0 Å². The van der Waals surface area contributed by atoms with Crippen LogP contribution in [0.25, 0.3) is 0 Å². The molecule has 3 rings (SSSR count). The monoisotopic (exact) mass is 393 g/mol. The van der Waals surface area contributed by atoms with Gasteiger partial charge in [0.1, 0.15) is 5.82 Å². The second kappa shape index (κ2) is 8.10. The average Bonchev–Trinajstić information content (AvgIpc) is 2.81. The van der Waals surface area contributed by atoms with Gasteiger partial charge in [0, 0.05) is 11.8 Å². The standard InChI is InChI=1S/C17H24ClN7O2/c1-10-7-8-12(24(19)21-9-10)22-16(26)15-14(18)13(17(27)25(20)23-15)11-5-3-2-4-6-11/h8-11H,2-7,19-20H2,1H3,(H,22,26). The Morgan fingerprint density at radius 1 is 1.30 bits per heavy atom. The highest BCUT2D eigenvalue weighted by Crippen LogP contribution is 2.35. The molecule has 1 saturated carbocycles. The molecule has 146 valence electrons. The van der Waals surface area contributed by atoms with E-state index in [0.29, 0.717) is 22.6 Å². The number of rotatable bonds is 3. The number of hydrazone groups is 1. The summed E-state index contributed by atoms with van der Waals surface area (Å²) in [5.41, 5.74) is -0.198. The molecule has 1 aliphatic carbocycles. The number of halogens is 1. The zero-order chi connectivity index (χ0) is 19.6. The highest BCUT2D eigenvalue weighted by atomic mass is 35.5. The average molecular weight is 394 g/mol. The van der Waals surface area contributed by atoms with Gasteiger partial charge in [-0.2, -0.15) is 10.2 Å². The predicted molar refractivity (Wildman–Crippen MR) is 103 cm³/mol. The summed E-state index contributed by atoms with van der Waals surface area (Å²) in [6.45, 7) is 1.98. The van der Waals surface area contributed by atoms with Crippen molar-refractivity contribution in [3.05, 3.63) is 38.5 Å². The lowest BCUT2D eigenvalue weighted by molar-refractivity contribution is 0.0944. The van der Waals surface area contributed by atoms with Crippen LogP contribution in [0.15, 0.2) is 21.8 Å². The molecule has 2 heterocycles. The minimum Gasteiger partial charge on any atom is -0.320 e. The van der Waals surface area contributed by atoms with Gasteiger partial charge >= 0.3 is 0 Å². The van der Waals surface area contributed by atoms with Crippen LogP contribution in [0.1, 0.15) is 67.4 Å². The smallest absolute Gasteiger partial charge is 0.290 e. The molecule has 0 aromatic carbocycles. The van der Waals surface area contributed by atoms with E-state index in [4.69, 9.17) is 23.3 Å². The Morgan fingerprint density at radius 2 is 2.00 bits per heavy atom. The van der Waals surface area contributed by atoms with Crippen molar-refractivity contribution in [3.63, 3.8) is 0 Å². The van der Waals surface area contributed by atoms with Crippen LogP contribution in [0.3, 0.4) is 0 Å². The van der Waals surface area contributed by atoms with E-state index in [9.17, 15) is 9.59 Å². The predicted octanol–water partition coefficient (Wildman–Crippen LogP) is 1.43.